The molecular formula is C13H14Cl2N2O. The van der Waals surface area contributed by atoms with Crippen LogP contribution in [0.1, 0.15) is 16.8 Å². The van der Waals surface area contributed by atoms with Gasteiger partial charge < -0.3 is 10.2 Å². The van der Waals surface area contributed by atoms with Crippen LogP contribution in [0.2, 0.25) is 10.0 Å². The summed E-state index contributed by atoms with van der Waals surface area (Å²) >= 11 is 11.8. The molecule has 2 heterocycles. The molecule has 5 heteroatoms. The summed E-state index contributed by atoms with van der Waals surface area (Å²) in [5, 5.41) is 4.25. The largest absolute Gasteiger partial charge is 0.334 e. The van der Waals surface area contributed by atoms with E-state index in [9.17, 15) is 4.79 Å². The lowest BCUT2D eigenvalue weighted by atomic mass is 10.0. The van der Waals surface area contributed by atoms with Crippen LogP contribution >= 0.6 is 23.2 Å². The second-order valence-electron chi connectivity index (χ2n) is 4.90. The van der Waals surface area contributed by atoms with Gasteiger partial charge in [-0.3, -0.25) is 4.79 Å². The number of nitrogens with zero attached hydrogens (tertiary/aromatic N) is 1. The van der Waals surface area contributed by atoms with Crippen molar-refractivity contribution in [3.63, 3.8) is 0 Å². The monoisotopic (exact) mass is 284 g/mol. The molecule has 2 aliphatic heterocycles. The molecule has 0 radical (unpaired) electrons. The van der Waals surface area contributed by atoms with E-state index in [2.05, 4.69) is 5.32 Å². The lowest BCUT2D eigenvalue weighted by molar-refractivity contribution is 0.0737. The van der Waals surface area contributed by atoms with Crippen LogP contribution in [0, 0.1) is 5.92 Å². The van der Waals surface area contributed by atoms with E-state index in [4.69, 9.17) is 23.2 Å². The number of rotatable bonds is 1. The maximum absolute atomic E-state index is 12.4. The average Bonchev–Trinajstić information content (AvgIpc) is 2.93. The van der Waals surface area contributed by atoms with E-state index in [1.54, 1.807) is 18.2 Å². The highest BCUT2D eigenvalue weighted by molar-refractivity contribution is 6.42. The van der Waals surface area contributed by atoms with Gasteiger partial charge in [-0.1, -0.05) is 23.2 Å². The summed E-state index contributed by atoms with van der Waals surface area (Å²) in [6.07, 6.45) is 1.09. The highest BCUT2D eigenvalue weighted by Crippen LogP contribution is 2.30. The lowest BCUT2D eigenvalue weighted by Crippen LogP contribution is -2.39. The summed E-state index contributed by atoms with van der Waals surface area (Å²) in [5.74, 6) is 0.668. The number of benzene rings is 1. The van der Waals surface area contributed by atoms with Crippen molar-refractivity contribution < 1.29 is 4.79 Å². The van der Waals surface area contributed by atoms with Crippen LogP contribution in [0.3, 0.4) is 0 Å². The third-order valence-corrected chi connectivity index (χ3v) is 4.61. The number of hydrogen-bond donors (Lipinski definition) is 1. The van der Waals surface area contributed by atoms with Gasteiger partial charge in [-0.2, -0.15) is 0 Å². The number of halogens is 2. The first-order valence-corrected chi connectivity index (χ1v) is 6.89. The minimum absolute atomic E-state index is 0.0600. The molecule has 2 saturated heterocycles. The summed E-state index contributed by atoms with van der Waals surface area (Å²) in [6, 6.07) is 5.41. The fourth-order valence-corrected chi connectivity index (χ4v) is 3.19. The molecular weight excluding hydrogens is 271 g/mol. The predicted octanol–water partition coefficient (Wildman–Crippen LogP) is 2.43. The number of likely N-dealkylation sites (tertiary alicyclic amines) is 1. The van der Waals surface area contributed by atoms with Gasteiger partial charge in [-0.15, -0.1) is 0 Å². The molecule has 3 rings (SSSR count). The van der Waals surface area contributed by atoms with E-state index in [1.165, 1.54) is 0 Å². The fourth-order valence-electron chi connectivity index (χ4n) is 2.90. The van der Waals surface area contributed by atoms with Crippen molar-refractivity contribution >= 4 is 29.1 Å². The quantitative estimate of drug-likeness (QED) is 0.859. The maximum Gasteiger partial charge on any atom is 0.254 e. The topological polar surface area (TPSA) is 32.3 Å². The summed E-state index contributed by atoms with van der Waals surface area (Å²) in [4.78, 5) is 14.4. The zero-order chi connectivity index (χ0) is 12.7. The Kier molecular flexibility index (Phi) is 3.22. The van der Waals surface area contributed by atoms with Crippen molar-refractivity contribution in [2.24, 2.45) is 5.92 Å². The van der Waals surface area contributed by atoms with Crippen molar-refractivity contribution in [3.05, 3.63) is 33.8 Å². The summed E-state index contributed by atoms with van der Waals surface area (Å²) in [6.45, 7) is 2.77. The van der Waals surface area contributed by atoms with Crippen LogP contribution < -0.4 is 5.32 Å². The highest BCUT2D eigenvalue weighted by Gasteiger charge is 2.40. The molecule has 96 valence electrons. The van der Waals surface area contributed by atoms with E-state index >= 15 is 0 Å². The van der Waals surface area contributed by atoms with Crippen LogP contribution in [0.25, 0.3) is 0 Å². The van der Waals surface area contributed by atoms with Crippen molar-refractivity contribution in [1.29, 1.82) is 0 Å². The maximum atomic E-state index is 12.4. The molecule has 0 aliphatic carbocycles. The van der Waals surface area contributed by atoms with Gasteiger partial charge in [0.15, 0.2) is 0 Å². The van der Waals surface area contributed by atoms with Gasteiger partial charge in [-0.05, 0) is 30.5 Å². The second-order valence-corrected chi connectivity index (χ2v) is 5.72. The number of fused-ring (bicyclic) bond motifs is 1. The van der Waals surface area contributed by atoms with E-state index in [0.717, 1.165) is 26.1 Å². The Labute approximate surface area is 116 Å². The standard InChI is InChI=1S/C13H14Cl2N2O/c14-10-2-1-8(5-11(10)15)13(18)17-4-3-9-6-16-7-12(9)17/h1-2,5,9,12,16H,3-4,6-7H2/t9-,12+/m0/s1. The Morgan fingerprint density at radius 2 is 2.11 bits per heavy atom. The molecule has 0 unspecified atom stereocenters. The molecule has 2 aliphatic rings. The summed E-state index contributed by atoms with van der Waals surface area (Å²) in [7, 11) is 0. The molecule has 3 nitrogen and oxygen atoms in total. The SMILES string of the molecule is O=C(c1ccc(Cl)c(Cl)c1)N1CC[C@H]2CNC[C@H]21. The minimum atomic E-state index is 0.0600. The van der Waals surface area contributed by atoms with Crippen LogP contribution in [0.15, 0.2) is 18.2 Å². The number of hydrogen-bond acceptors (Lipinski definition) is 2. The van der Waals surface area contributed by atoms with Crippen LogP contribution in [-0.2, 0) is 0 Å². The van der Waals surface area contributed by atoms with Gasteiger partial charge in [0, 0.05) is 31.2 Å². The third-order valence-electron chi connectivity index (χ3n) is 3.87. The average molecular weight is 285 g/mol. The lowest BCUT2D eigenvalue weighted by Gasteiger charge is -2.23. The third kappa shape index (κ3) is 2.00. The molecule has 0 saturated carbocycles. The van der Waals surface area contributed by atoms with Gasteiger partial charge in [0.1, 0.15) is 0 Å². The Balaban J connectivity index is 1.84. The van der Waals surface area contributed by atoms with Gasteiger partial charge in [-0.25, -0.2) is 0 Å². The fraction of sp³-hybridized carbons (Fsp3) is 0.462. The molecule has 2 fully saturated rings. The Hall–Kier alpha value is -0.770. The molecule has 2 atom stereocenters. The van der Waals surface area contributed by atoms with E-state index < -0.39 is 0 Å². The normalized spacial score (nSPS) is 26.4. The zero-order valence-corrected chi connectivity index (χ0v) is 11.3. The predicted molar refractivity (Wildman–Crippen MR) is 72.3 cm³/mol. The van der Waals surface area contributed by atoms with E-state index in [-0.39, 0.29) is 5.91 Å². The molecule has 1 amide bonds. The molecule has 0 spiro atoms. The molecule has 1 aromatic rings. The van der Waals surface area contributed by atoms with E-state index in [1.807, 2.05) is 4.90 Å². The van der Waals surface area contributed by atoms with Gasteiger partial charge in [0.25, 0.3) is 5.91 Å². The van der Waals surface area contributed by atoms with Gasteiger partial charge in [0.05, 0.1) is 10.0 Å². The molecule has 1 N–H and O–H groups in total. The van der Waals surface area contributed by atoms with Crippen LogP contribution in [-0.4, -0.2) is 36.5 Å². The number of amides is 1. The smallest absolute Gasteiger partial charge is 0.254 e. The van der Waals surface area contributed by atoms with Crippen molar-refractivity contribution in [3.8, 4) is 0 Å². The van der Waals surface area contributed by atoms with Crippen molar-refractivity contribution in [1.82, 2.24) is 10.2 Å². The Morgan fingerprint density at radius 1 is 1.28 bits per heavy atom. The molecule has 18 heavy (non-hydrogen) atoms. The first-order valence-electron chi connectivity index (χ1n) is 6.13. The molecule has 1 aromatic carbocycles. The van der Waals surface area contributed by atoms with Crippen LogP contribution in [0.4, 0.5) is 0 Å². The summed E-state index contributed by atoms with van der Waals surface area (Å²) in [5.41, 5.74) is 0.622. The number of carbonyl (C=O) groups is 1. The van der Waals surface area contributed by atoms with Crippen molar-refractivity contribution in [2.75, 3.05) is 19.6 Å². The summed E-state index contributed by atoms with van der Waals surface area (Å²) < 4.78 is 0. The number of nitrogens with one attached hydrogen (secondary N) is 1. The Morgan fingerprint density at radius 3 is 2.89 bits per heavy atom. The zero-order valence-electron chi connectivity index (χ0n) is 9.83. The second kappa shape index (κ2) is 4.72. The number of carbonyl (C=O) groups excluding carboxylic acids is 1. The minimum Gasteiger partial charge on any atom is -0.334 e. The van der Waals surface area contributed by atoms with Gasteiger partial charge in [0.2, 0.25) is 0 Å². The van der Waals surface area contributed by atoms with E-state index in [0.29, 0.717) is 27.6 Å². The molecule has 0 bridgehead atoms. The van der Waals surface area contributed by atoms with Gasteiger partial charge >= 0.3 is 0 Å². The molecule has 0 aromatic heterocycles. The first kappa shape index (κ1) is 12.3. The highest BCUT2D eigenvalue weighted by atomic mass is 35.5. The van der Waals surface area contributed by atoms with Crippen molar-refractivity contribution in [2.45, 2.75) is 12.5 Å². The first-order chi connectivity index (χ1) is 8.66. The Bertz CT molecular complexity index is 492. The van der Waals surface area contributed by atoms with Crippen LogP contribution in [0.5, 0.6) is 0 Å².